The van der Waals surface area contributed by atoms with Crippen LogP contribution < -0.4 is 37.9 Å². The number of carbonyl (C=O) groups is 8. The zero-order chi connectivity index (χ0) is 83.6. The van der Waals surface area contributed by atoms with Crippen LogP contribution in [0, 0.1) is 0 Å². The van der Waals surface area contributed by atoms with Crippen molar-refractivity contribution < 1.29 is 114 Å². The number of fused-ring (bicyclic) bond motifs is 8. The third kappa shape index (κ3) is 23.5. The maximum Gasteiger partial charge on any atom is 0.344 e. The molecule has 0 heterocycles. The quantitative estimate of drug-likeness (QED) is 0.0250. The van der Waals surface area contributed by atoms with Gasteiger partial charge in [-0.25, -0.2) is 38.4 Å². The fourth-order valence-corrected chi connectivity index (χ4v) is 12.3. The highest BCUT2D eigenvalue weighted by Crippen LogP contribution is 2.47. The van der Waals surface area contributed by atoms with Crippen LogP contribution in [0.2, 0.25) is 0 Å². The second-order valence-corrected chi connectivity index (χ2v) is 28.3. The number of ether oxygens (including phenoxy) is 16. The molecule has 0 atom stereocenters. The van der Waals surface area contributed by atoms with Gasteiger partial charge in [0.15, 0.2) is 52.9 Å². The summed E-state index contributed by atoms with van der Waals surface area (Å²) in [5.41, 5.74) is -1.19. The number of hydrogen-bond donors (Lipinski definition) is 0. The summed E-state index contributed by atoms with van der Waals surface area (Å²) in [4.78, 5) is 95.1. The molecule has 0 saturated heterocycles. The molecule has 0 saturated carbocycles. The van der Waals surface area contributed by atoms with Gasteiger partial charge in [0.1, 0.15) is 57.2 Å². The van der Waals surface area contributed by atoms with Crippen molar-refractivity contribution in [3.63, 3.8) is 0 Å². The predicted molar refractivity (Wildman–Crippen MR) is 441 cm³/mol. The van der Waals surface area contributed by atoms with Crippen LogP contribution >= 0.6 is 0 Å². The molecule has 0 spiro atoms. The van der Waals surface area contributed by atoms with E-state index in [2.05, 4.69) is 9.47 Å². The summed E-state index contributed by atoms with van der Waals surface area (Å²) in [6, 6.07) is 60.3. The third-order valence-corrected chi connectivity index (χ3v) is 16.6. The van der Waals surface area contributed by atoms with Gasteiger partial charge in [-0.2, -0.15) is 0 Å². The molecule has 0 fully saturated rings. The van der Waals surface area contributed by atoms with Crippen molar-refractivity contribution in [2.24, 2.45) is 0 Å². The van der Waals surface area contributed by atoms with E-state index < -0.39 is 59.0 Å². The topological polar surface area (TPSA) is 284 Å². The minimum atomic E-state index is -0.593. The molecule has 24 heteroatoms. The van der Waals surface area contributed by atoms with Crippen molar-refractivity contribution in [2.75, 3.05) is 80.3 Å². The maximum absolute atomic E-state index is 12.2. The Morgan fingerprint density at radius 1 is 0.241 bits per heavy atom. The van der Waals surface area contributed by atoms with Crippen molar-refractivity contribution in [3.8, 4) is 46.0 Å². The molecule has 0 aliphatic carbocycles. The smallest absolute Gasteiger partial charge is 0.344 e. The first-order valence-corrected chi connectivity index (χ1v) is 37.7. The Hall–Kier alpha value is -13.1. The Bertz CT molecular complexity index is 4940. The fourth-order valence-electron chi connectivity index (χ4n) is 12.3. The highest BCUT2D eigenvalue weighted by molar-refractivity contribution is 6.15. The molecule has 12 aromatic carbocycles. The van der Waals surface area contributed by atoms with Gasteiger partial charge in [0.2, 0.25) is 0 Å². The van der Waals surface area contributed by atoms with Crippen molar-refractivity contribution in [1.29, 1.82) is 0 Å². The van der Waals surface area contributed by atoms with E-state index in [0.29, 0.717) is 59.2 Å². The number of methoxy groups -OCH3 is 2. The molecular weight excluding hydrogens is 1490 g/mol. The molecule has 116 heavy (non-hydrogen) atoms. The summed E-state index contributed by atoms with van der Waals surface area (Å²) < 4.78 is 87.3. The molecule has 0 amide bonds. The zero-order valence-corrected chi connectivity index (χ0v) is 67.5. The summed E-state index contributed by atoms with van der Waals surface area (Å²) >= 11 is 0. The van der Waals surface area contributed by atoms with Crippen LogP contribution in [0.25, 0.3) is 86.2 Å². The zero-order valence-electron chi connectivity index (χ0n) is 67.5. The lowest BCUT2D eigenvalue weighted by atomic mass is 10.0. The Kier molecular flexibility index (Phi) is 30.8. The molecule has 0 N–H and O–H groups in total. The molecule has 0 aliphatic heterocycles. The van der Waals surface area contributed by atoms with Gasteiger partial charge >= 0.3 is 47.8 Å². The minimum Gasteiger partial charge on any atom is -0.481 e. The van der Waals surface area contributed by atoms with Gasteiger partial charge in [-0.15, -0.1) is 0 Å². The van der Waals surface area contributed by atoms with Crippen molar-refractivity contribution in [1.82, 2.24) is 0 Å². The molecule has 12 rings (SSSR count). The number of hydrogen-bond acceptors (Lipinski definition) is 24. The Balaban J connectivity index is 0.000000177. The minimum absolute atomic E-state index is 0.190. The van der Waals surface area contributed by atoms with Crippen LogP contribution in [-0.4, -0.2) is 151 Å². The number of carbonyl (C=O) groups excluding carboxylic acids is 8. The van der Waals surface area contributed by atoms with Gasteiger partial charge in [0.25, 0.3) is 0 Å². The number of benzene rings is 12. The number of esters is 8. The van der Waals surface area contributed by atoms with Crippen LogP contribution in [0.3, 0.4) is 0 Å². The van der Waals surface area contributed by atoms with Crippen LogP contribution in [0.15, 0.2) is 194 Å². The molecule has 0 radical (unpaired) electrons. The van der Waals surface area contributed by atoms with E-state index >= 15 is 0 Å². The van der Waals surface area contributed by atoms with Crippen LogP contribution in [0.4, 0.5) is 0 Å². The van der Waals surface area contributed by atoms with Crippen LogP contribution in [-0.2, 0) is 76.3 Å². The molecule has 12 aromatic rings. The first-order valence-electron chi connectivity index (χ1n) is 37.7. The SMILES string of the molecule is CC(C)(C)OC(=O)COc1c2ccccc2c(OCC(=O)OC(C)(C)C)c2ccccc12.CC(C)OC(=O)COc1c2ccccc2c(OCC(=O)OC(C)C)c2ccccc12.CCOC(=O)COc1c2ccccc2c(OCC(=O)OCC)c2ccccc12.COC(=O)COc1c2ccccc2c(OCC(=O)OC)c2ccccc12. The monoisotopic (exact) mass is 1580 g/mol. The lowest BCUT2D eigenvalue weighted by Gasteiger charge is -2.21. The summed E-state index contributed by atoms with van der Waals surface area (Å²) in [6.07, 6.45) is -0.424. The fraction of sp³-hybridized carbons (Fsp3) is 0.304. The third-order valence-electron chi connectivity index (χ3n) is 16.6. The highest BCUT2D eigenvalue weighted by atomic mass is 16.6. The Morgan fingerprint density at radius 2 is 0.388 bits per heavy atom. The Morgan fingerprint density at radius 3 is 0.526 bits per heavy atom. The van der Waals surface area contributed by atoms with E-state index in [-0.39, 0.29) is 65.1 Å². The second-order valence-electron chi connectivity index (χ2n) is 28.3. The normalized spacial score (nSPS) is 11.1. The maximum atomic E-state index is 12.2. The number of rotatable bonds is 28. The van der Waals surface area contributed by atoms with Crippen LogP contribution in [0.1, 0.15) is 83.1 Å². The van der Waals surface area contributed by atoms with Gasteiger partial charge in [0.05, 0.1) is 39.6 Å². The van der Waals surface area contributed by atoms with Gasteiger partial charge in [-0.1, -0.05) is 194 Å². The Labute approximate surface area is 671 Å². The molecule has 0 unspecified atom stereocenters. The standard InChI is InChI=1S/C26H30O6.C24H26O6.C22H22O6.C20H18O6/c1-25(2,3)31-21(27)15-29-23-17-11-7-9-13-19(17)24(20-14-10-8-12-18(20)23)30-16-22(28)32-26(4,5)6;1-15(2)29-21(25)13-27-23-17-9-5-7-11-19(17)24(20-12-8-6-10-18(20)23)28-14-22(26)30-16(3)4;1-3-25-19(23)13-27-21-15-9-5-7-11-17(15)22(28-14-20(24)26-4-2)18-12-8-6-10-16(18)21;1-23-17(21)11-25-19-13-7-3-5-9-15(13)20(26-12-18(22)24-2)16-10-6-4-8-14(16)19/h7-14H,15-16H2,1-6H3;5-12,15-16H,13-14H2,1-4H3;5-12H,3-4,13-14H2,1-2H3;3-10H,11-12H2,1-2H3. The van der Waals surface area contributed by atoms with Gasteiger partial charge < -0.3 is 75.8 Å². The first kappa shape index (κ1) is 86.9. The summed E-state index contributed by atoms with van der Waals surface area (Å²) in [5, 5.41) is 12.4. The van der Waals surface area contributed by atoms with Crippen LogP contribution in [0.5, 0.6) is 46.0 Å². The molecular formula is C92H96O24. The first-order chi connectivity index (χ1) is 55.6. The van der Waals surface area contributed by atoms with E-state index in [1.165, 1.54) is 14.2 Å². The van der Waals surface area contributed by atoms with Gasteiger partial charge in [0, 0.05) is 86.2 Å². The van der Waals surface area contributed by atoms with Gasteiger partial charge in [-0.05, 0) is 83.1 Å². The summed E-state index contributed by atoms with van der Waals surface area (Å²) in [5.74, 6) is 0.961. The second kappa shape index (κ2) is 41.1. The summed E-state index contributed by atoms with van der Waals surface area (Å²) in [6.45, 7) is 20.5. The average molecular weight is 1590 g/mol. The van der Waals surface area contributed by atoms with E-state index in [4.69, 9.17) is 66.3 Å². The van der Waals surface area contributed by atoms with Crippen molar-refractivity contribution >= 4 is 134 Å². The van der Waals surface area contributed by atoms with Crippen molar-refractivity contribution in [2.45, 2.75) is 106 Å². The lowest BCUT2D eigenvalue weighted by molar-refractivity contribution is -0.158. The average Bonchev–Trinajstić information content (AvgIpc) is 0.775. The van der Waals surface area contributed by atoms with Crippen molar-refractivity contribution in [3.05, 3.63) is 194 Å². The molecule has 608 valence electrons. The highest BCUT2D eigenvalue weighted by Gasteiger charge is 2.26. The van der Waals surface area contributed by atoms with E-state index in [9.17, 15) is 38.4 Å². The van der Waals surface area contributed by atoms with E-state index in [0.717, 1.165) is 86.2 Å². The predicted octanol–water partition coefficient (Wildman–Crippen LogP) is 17.1. The summed E-state index contributed by atoms with van der Waals surface area (Å²) in [7, 11) is 2.62. The van der Waals surface area contributed by atoms with Gasteiger partial charge in [-0.3, -0.25) is 0 Å². The van der Waals surface area contributed by atoms with E-state index in [1.54, 1.807) is 41.5 Å². The molecule has 0 aliphatic rings. The molecule has 24 nitrogen and oxygen atoms in total. The molecule has 0 aromatic heterocycles. The largest absolute Gasteiger partial charge is 0.481 e. The lowest BCUT2D eigenvalue weighted by Crippen LogP contribution is -2.27. The molecule has 0 bridgehead atoms. The van der Waals surface area contributed by atoms with E-state index in [1.807, 2.05) is 236 Å².